The van der Waals surface area contributed by atoms with E-state index < -0.39 is 0 Å². The van der Waals surface area contributed by atoms with Gasteiger partial charge in [0.2, 0.25) is 0 Å². The Hall–Kier alpha value is -4.80. The molecular formula is C33H34N8O2. The van der Waals surface area contributed by atoms with Crippen LogP contribution in [0.15, 0.2) is 85.2 Å². The number of aromatic nitrogens is 4. The molecule has 1 N–H and O–H groups in total. The molecule has 0 spiro atoms. The first kappa shape index (κ1) is 27.1. The maximum Gasteiger partial charge on any atom is 0.253 e. The number of hydrogen-bond acceptors (Lipinski definition) is 8. The van der Waals surface area contributed by atoms with Gasteiger partial charge in [-0.1, -0.05) is 30.3 Å². The number of amides is 1. The summed E-state index contributed by atoms with van der Waals surface area (Å²) in [6.07, 6.45) is 1.78. The van der Waals surface area contributed by atoms with Crippen molar-refractivity contribution in [2.75, 3.05) is 69.7 Å². The summed E-state index contributed by atoms with van der Waals surface area (Å²) in [5.74, 6) is 1.23. The third kappa shape index (κ3) is 5.67. The number of benzene rings is 3. The van der Waals surface area contributed by atoms with Crippen molar-refractivity contribution in [3.63, 3.8) is 0 Å². The zero-order valence-corrected chi connectivity index (χ0v) is 24.2. The van der Waals surface area contributed by atoms with Crippen LogP contribution in [0.2, 0.25) is 0 Å². The normalized spacial score (nSPS) is 16.0. The summed E-state index contributed by atoms with van der Waals surface area (Å²) in [5, 5.41) is 3.49. The zero-order chi connectivity index (χ0) is 29.2. The van der Waals surface area contributed by atoms with Crippen LogP contribution in [-0.2, 0) is 4.74 Å². The number of rotatable bonds is 6. The Bertz CT molecular complexity index is 1710. The molecular weight excluding hydrogens is 540 g/mol. The summed E-state index contributed by atoms with van der Waals surface area (Å²) in [5.41, 5.74) is 5.90. The number of imidazole rings is 1. The molecule has 218 valence electrons. The van der Waals surface area contributed by atoms with Gasteiger partial charge in [0.15, 0.2) is 22.8 Å². The summed E-state index contributed by atoms with van der Waals surface area (Å²) in [7, 11) is 2.08. The number of nitrogens with one attached hydrogen (secondary N) is 1. The molecule has 0 aliphatic carbocycles. The number of carbonyl (C=O) groups is 1. The molecule has 10 nitrogen and oxygen atoms in total. The Morgan fingerprint density at radius 3 is 2.23 bits per heavy atom. The topological polar surface area (TPSA) is 91.6 Å². The van der Waals surface area contributed by atoms with Gasteiger partial charge in [0.05, 0.1) is 13.2 Å². The molecule has 0 bridgehead atoms. The summed E-state index contributed by atoms with van der Waals surface area (Å²) in [4.78, 5) is 34.2. The Balaban J connectivity index is 1.22. The number of hydrogen-bond donors (Lipinski definition) is 1. The monoisotopic (exact) mass is 574 g/mol. The first-order chi connectivity index (χ1) is 21.1. The van der Waals surface area contributed by atoms with E-state index in [1.165, 1.54) is 5.69 Å². The predicted octanol–water partition coefficient (Wildman–Crippen LogP) is 4.45. The number of para-hydroxylation sites is 1. The number of morpholine rings is 1. The minimum Gasteiger partial charge on any atom is -0.378 e. The molecule has 2 fully saturated rings. The highest BCUT2D eigenvalue weighted by Gasteiger charge is 2.21. The standard InChI is InChI=1S/C33H34N8O2/c1-38-15-17-40(18-16-38)33(42)25-9-7-24(8-10-25)30-36-31(29-32(37-30)41(23-34-29)28-5-3-2-4-6-28)35-26-11-13-27(14-12-26)39-19-21-43-22-20-39/h2-14,23H,15-22H2,1H3,(H,35,36,37). The van der Waals surface area contributed by atoms with Crippen LogP contribution in [0, 0.1) is 0 Å². The zero-order valence-electron chi connectivity index (χ0n) is 24.2. The highest BCUT2D eigenvalue weighted by atomic mass is 16.5. The molecule has 0 unspecified atom stereocenters. The van der Waals surface area contributed by atoms with Crippen molar-refractivity contribution in [1.29, 1.82) is 0 Å². The molecule has 0 atom stereocenters. The first-order valence-corrected chi connectivity index (χ1v) is 14.7. The largest absolute Gasteiger partial charge is 0.378 e. The lowest BCUT2D eigenvalue weighted by Crippen LogP contribution is -2.47. The van der Waals surface area contributed by atoms with Crippen LogP contribution in [0.5, 0.6) is 0 Å². The summed E-state index contributed by atoms with van der Waals surface area (Å²) in [6, 6.07) is 26.0. The fourth-order valence-electron chi connectivity index (χ4n) is 5.56. The van der Waals surface area contributed by atoms with Gasteiger partial charge in [0.25, 0.3) is 5.91 Å². The van der Waals surface area contributed by atoms with E-state index in [2.05, 4.69) is 46.4 Å². The van der Waals surface area contributed by atoms with Crippen molar-refractivity contribution in [2.45, 2.75) is 0 Å². The third-order valence-corrected chi connectivity index (χ3v) is 8.12. The van der Waals surface area contributed by atoms with Crippen LogP contribution in [0.1, 0.15) is 10.4 Å². The van der Waals surface area contributed by atoms with E-state index in [0.29, 0.717) is 28.4 Å². The van der Waals surface area contributed by atoms with Crippen LogP contribution in [-0.4, -0.2) is 94.8 Å². The number of piperazine rings is 1. The van der Waals surface area contributed by atoms with E-state index in [1.54, 1.807) is 6.33 Å². The SMILES string of the molecule is CN1CCN(C(=O)c2ccc(-c3nc(Nc4ccc(N5CCOCC5)cc4)c4ncn(-c5ccccc5)c4n3)cc2)CC1. The summed E-state index contributed by atoms with van der Waals surface area (Å²) >= 11 is 0. The van der Waals surface area contributed by atoms with Crippen molar-refractivity contribution < 1.29 is 9.53 Å². The van der Waals surface area contributed by atoms with Crippen molar-refractivity contribution in [1.82, 2.24) is 29.3 Å². The van der Waals surface area contributed by atoms with Crippen LogP contribution in [0.25, 0.3) is 28.2 Å². The minimum atomic E-state index is 0.0565. The van der Waals surface area contributed by atoms with E-state index in [1.807, 2.05) is 64.1 Å². The maximum atomic E-state index is 13.1. The van der Waals surface area contributed by atoms with Gasteiger partial charge in [-0.05, 0) is 55.6 Å². The Kier molecular flexibility index (Phi) is 7.44. The van der Waals surface area contributed by atoms with Gasteiger partial charge >= 0.3 is 0 Å². The molecule has 0 saturated carbocycles. The van der Waals surface area contributed by atoms with E-state index >= 15 is 0 Å². The van der Waals surface area contributed by atoms with Gasteiger partial charge in [-0.15, -0.1) is 0 Å². The van der Waals surface area contributed by atoms with Crippen molar-refractivity contribution in [3.05, 3.63) is 90.8 Å². The van der Waals surface area contributed by atoms with Gasteiger partial charge < -0.3 is 24.8 Å². The number of ether oxygens (including phenoxy) is 1. The second-order valence-electron chi connectivity index (χ2n) is 11.0. The average Bonchev–Trinajstić information content (AvgIpc) is 3.51. The molecule has 0 radical (unpaired) electrons. The number of nitrogens with zero attached hydrogens (tertiary/aromatic N) is 7. The Morgan fingerprint density at radius 2 is 1.51 bits per heavy atom. The third-order valence-electron chi connectivity index (χ3n) is 8.12. The molecule has 1 amide bonds. The van der Waals surface area contributed by atoms with Gasteiger partial charge in [-0.3, -0.25) is 9.36 Å². The average molecular weight is 575 g/mol. The maximum absolute atomic E-state index is 13.1. The van der Waals surface area contributed by atoms with Crippen LogP contribution >= 0.6 is 0 Å². The van der Waals surface area contributed by atoms with Gasteiger partial charge in [-0.2, -0.15) is 0 Å². The smallest absolute Gasteiger partial charge is 0.253 e. The predicted molar refractivity (Wildman–Crippen MR) is 168 cm³/mol. The van der Waals surface area contributed by atoms with Crippen molar-refractivity contribution in [2.24, 2.45) is 0 Å². The Morgan fingerprint density at radius 1 is 0.791 bits per heavy atom. The molecule has 2 aliphatic heterocycles. The van der Waals surface area contributed by atoms with Gasteiger partial charge in [0.1, 0.15) is 6.33 Å². The fourth-order valence-corrected chi connectivity index (χ4v) is 5.56. The quantitative estimate of drug-likeness (QED) is 0.318. The first-order valence-electron chi connectivity index (χ1n) is 14.7. The highest BCUT2D eigenvalue weighted by molar-refractivity contribution is 5.95. The molecule has 43 heavy (non-hydrogen) atoms. The van der Waals surface area contributed by atoms with Crippen LogP contribution < -0.4 is 10.2 Å². The molecule has 5 aromatic rings. The molecule has 7 rings (SSSR count). The lowest BCUT2D eigenvalue weighted by molar-refractivity contribution is 0.0664. The van der Waals surface area contributed by atoms with Crippen LogP contribution in [0.4, 0.5) is 17.2 Å². The molecule has 2 aliphatic rings. The summed E-state index contributed by atoms with van der Waals surface area (Å²) < 4.78 is 7.47. The molecule has 3 aromatic carbocycles. The van der Waals surface area contributed by atoms with Crippen molar-refractivity contribution >= 4 is 34.3 Å². The molecule has 2 aromatic heterocycles. The van der Waals surface area contributed by atoms with Gasteiger partial charge in [-0.25, -0.2) is 15.0 Å². The summed E-state index contributed by atoms with van der Waals surface area (Å²) in [6.45, 7) is 6.52. The van der Waals surface area contributed by atoms with E-state index in [9.17, 15) is 4.79 Å². The number of fused-ring (bicyclic) bond motifs is 1. The van der Waals surface area contributed by atoms with E-state index in [-0.39, 0.29) is 5.91 Å². The van der Waals surface area contributed by atoms with Crippen molar-refractivity contribution in [3.8, 4) is 17.1 Å². The number of likely N-dealkylation sites (N-methyl/N-ethyl adjacent to an activating group) is 1. The fraction of sp³-hybridized carbons (Fsp3) is 0.273. The number of anilines is 3. The number of carbonyl (C=O) groups excluding carboxylic acids is 1. The van der Waals surface area contributed by atoms with Crippen LogP contribution in [0.3, 0.4) is 0 Å². The second kappa shape index (κ2) is 11.8. The molecule has 10 heteroatoms. The van der Waals surface area contributed by atoms with E-state index in [0.717, 1.165) is 69.4 Å². The lowest BCUT2D eigenvalue weighted by Gasteiger charge is -2.32. The van der Waals surface area contributed by atoms with Gasteiger partial charge in [0, 0.05) is 67.5 Å². The highest BCUT2D eigenvalue weighted by Crippen LogP contribution is 2.29. The Labute approximate surface area is 250 Å². The molecule has 2 saturated heterocycles. The minimum absolute atomic E-state index is 0.0565. The molecule has 4 heterocycles. The van der Waals surface area contributed by atoms with E-state index in [4.69, 9.17) is 19.7 Å². The lowest BCUT2D eigenvalue weighted by atomic mass is 10.1. The second-order valence-corrected chi connectivity index (χ2v) is 11.0.